The van der Waals surface area contributed by atoms with Crippen LogP contribution in [0.1, 0.15) is 54.6 Å². The number of pyridine rings is 1. The zero-order valence-electron chi connectivity index (χ0n) is 13.1. The van der Waals surface area contributed by atoms with E-state index in [-0.39, 0.29) is 11.8 Å². The monoisotopic (exact) mass is 301 g/mol. The zero-order valence-corrected chi connectivity index (χ0v) is 13.1. The number of carbonyl (C=O) groups excluding carboxylic acids is 2. The van der Waals surface area contributed by atoms with Crippen LogP contribution in [0.3, 0.4) is 0 Å². The fraction of sp³-hybridized carbons (Fsp3) is 0.588. The molecule has 3 heterocycles. The number of nitrogens with zero attached hydrogens (tertiary/aromatic N) is 3. The van der Waals surface area contributed by atoms with Crippen LogP contribution >= 0.6 is 0 Å². The van der Waals surface area contributed by atoms with Gasteiger partial charge in [-0.2, -0.15) is 0 Å². The first-order valence-corrected chi connectivity index (χ1v) is 8.16. The fourth-order valence-electron chi connectivity index (χ4n) is 3.43. The van der Waals surface area contributed by atoms with E-state index in [1.54, 1.807) is 13.1 Å². The Kier molecular flexibility index (Phi) is 4.41. The normalized spacial score (nSPS) is 19.5. The van der Waals surface area contributed by atoms with E-state index < -0.39 is 0 Å². The van der Waals surface area contributed by atoms with E-state index in [0.717, 1.165) is 51.9 Å². The van der Waals surface area contributed by atoms with Crippen molar-refractivity contribution in [1.82, 2.24) is 14.8 Å². The summed E-state index contributed by atoms with van der Waals surface area (Å²) in [6.07, 6.45) is 5.85. The Bertz CT molecular complexity index is 559. The number of amides is 2. The summed E-state index contributed by atoms with van der Waals surface area (Å²) in [5, 5.41) is 0. The number of likely N-dealkylation sites (tertiary alicyclic amines) is 2. The Morgan fingerprint density at radius 2 is 1.77 bits per heavy atom. The first kappa shape index (κ1) is 15.0. The van der Waals surface area contributed by atoms with E-state index in [1.165, 1.54) is 5.56 Å². The summed E-state index contributed by atoms with van der Waals surface area (Å²) in [6.45, 7) is 4.93. The highest BCUT2D eigenvalue weighted by Gasteiger charge is 2.24. The number of piperidine rings is 1. The standard InChI is InChI=1S/C17H23N3O2/c1-13(21)19-10-5-14(6-11-19)15-4-7-18-16(12-15)17(22)20-8-2-3-9-20/h4,7,12,14H,2-3,5-6,8-11H2,1H3. The van der Waals surface area contributed by atoms with E-state index in [2.05, 4.69) is 4.98 Å². The molecule has 5 heteroatoms. The predicted octanol–water partition coefficient (Wildman–Crippen LogP) is 2.04. The van der Waals surface area contributed by atoms with Crippen LogP contribution in [0, 0.1) is 0 Å². The maximum absolute atomic E-state index is 12.4. The van der Waals surface area contributed by atoms with Gasteiger partial charge in [-0.1, -0.05) is 0 Å². The summed E-state index contributed by atoms with van der Waals surface area (Å²) in [5.41, 5.74) is 1.74. The highest BCUT2D eigenvalue weighted by Crippen LogP contribution is 2.28. The highest BCUT2D eigenvalue weighted by molar-refractivity contribution is 5.92. The molecule has 2 saturated heterocycles. The van der Waals surface area contributed by atoms with Crippen molar-refractivity contribution in [2.75, 3.05) is 26.2 Å². The first-order valence-electron chi connectivity index (χ1n) is 8.16. The van der Waals surface area contributed by atoms with Crippen LogP contribution < -0.4 is 0 Å². The van der Waals surface area contributed by atoms with Crippen molar-refractivity contribution in [2.24, 2.45) is 0 Å². The third-order valence-corrected chi connectivity index (χ3v) is 4.81. The lowest BCUT2D eigenvalue weighted by Crippen LogP contribution is -2.36. The van der Waals surface area contributed by atoms with E-state index in [0.29, 0.717) is 11.6 Å². The van der Waals surface area contributed by atoms with Crippen molar-refractivity contribution in [3.05, 3.63) is 29.6 Å². The third kappa shape index (κ3) is 3.13. The molecule has 0 aliphatic carbocycles. The molecule has 0 N–H and O–H groups in total. The summed E-state index contributed by atoms with van der Waals surface area (Å²) in [6, 6.07) is 3.96. The first-order chi connectivity index (χ1) is 10.6. The fourth-order valence-corrected chi connectivity index (χ4v) is 3.43. The van der Waals surface area contributed by atoms with Gasteiger partial charge in [0.05, 0.1) is 0 Å². The van der Waals surface area contributed by atoms with Gasteiger partial charge >= 0.3 is 0 Å². The summed E-state index contributed by atoms with van der Waals surface area (Å²) < 4.78 is 0. The van der Waals surface area contributed by atoms with E-state index in [4.69, 9.17) is 0 Å². The number of hydrogen-bond acceptors (Lipinski definition) is 3. The molecule has 2 amide bonds. The molecular weight excluding hydrogens is 278 g/mol. The van der Waals surface area contributed by atoms with Crippen molar-refractivity contribution in [2.45, 2.75) is 38.5 Å². The molecule has 0 radical (unpaired) electrons. The van der Waals surface area contributed by atoms with Crippen molar-refractivity contribution in [3.8, 4) is 0 Å². The van der Waals surface area contributed by atoms with Crippen LogP contribution in [0.4, 0.5) is 0 Å². The highest BCUT2D eigenvalue weighted by atomic mass is 16.2. The summed E-state index contributed by atoms with van der Waals surface area (Å²) >= 11 is 0. The van der Waals surface area contributed by atoms with E-state index >= 15 is 0 Å². The Morgan fingerprint density at radius 3 is 2.41 bits per heavy atom. The molecule has 0 unspecified atom stereocenters. The molecule has 0 aromatic carbocycles. The minimum Gasteiger partial charge on any atom is -0.343 e. The van der Waals surface area contributed by atoms with Gasteiger partial charge in [0.25, 0.3) is 5.91 Å². The maximum atomic E-state index is 12.4. The summed E-state index contributed by atoms with van der Waals surface area (Å²) in [7, 11) is 0. The molecule has 0 atom stereocenters. The number of rotatable bonds is 2. The molecule has 0 bridgehead atoms. The maximum Gasteiger partial charge on any atom is 0.272 e. The van der Waals surface area contributed by atoms with Crippen LogP contribution in [-0.4, -0.2) is 52.8 Å². The molecule has 0 spiro atoms. The smallest absolute Gasteiger partial charge is 0.272 e. The molecule has 1 aromatic heterocycles. The topological polar surface area (TPSA) is 53.5 Å². The summed E-state index contributed by atoms with van der Waals surface area (Å²) in [5.74, 6) is 0.627. The molecule has 2 aliphatic rings. The van der Waals surface area contributed by atoms with Gasteiger partial charge in [0.1, 0.15) is 5.69 Å². The minimum absolute atomic E-state index is 0.0560. The molecule has 1 aromatic rings. The van der Waals surface area contributed by atoms with Crippen LogP contribution in [0.25, 0.3) is 0 Å². The number of hydrogen-bond donors (Lipinski definition) is 0. The van der Waals surface area contributed by atoms with Crippen LogP contribution in [-0.2, 0) is 4.79 Å². The van der Waals surface area contributed by atoms with Gasteiger partial charge in [-0.05, 0) is 49.3 Å². The molecule has 0 saturated carbocycles. The van der Waals surface area contributed by atoms with Gasteiger partial charge in [0, 0.05) is 39.3 Å². The van der Waals surface area contributed by atoms with Gasteiger partial charge in [0.2, 0.25) is 5.91 Å². The quantitative estimate of drug-likeness (QED) is 0.840. The Morgan fingerprint density at radius 1 is 1.09 bits per heavy atom. The Hall–Kier alpha value is -1.91. The zero-order chi connectivity index (χ0) is 15.5. The van der Waals surface area contributed by atoms with Gasteiger partial charge in [0.15, 0.2) is 0 Å². The molecule has 2 fully saturated rings. The third-order valence-electron chi connectivity index (χ3n) is 4.81. The lowest BCUT2D eigenvalue weighted by Gasteiger charge is -2.31. The van der Waals surface area contributed by atoms with Crippen LogP contribution in [0.2, 0.25) is 0 Å². The second kappa shape index (κ2) is 6.46. The molecule has 3 rings (SSSR count). The van der Waals surface area contributed by atoms with E-state index in [1.807, 2.05) is 21.9 Å². The SMILES string of the molecule is CC(=O)N1CCC(c2ccnc(C(=O)N3CCCC3)c2)CC1. The Balaban J connectivity index is 1.69. The van der Waals surface area contributed by atoms with Crippen molar-refractivity contribution >= 4 is 11.8 Å². The van der Waals surface area contributed by atoms with Gasteiger partial charge < -0.3 is 9.80 Å². The van der Waals surface area contributed by atoms with Gasteiger partial charge in [-0.25, -0.2) is 0 Å². The molecule has 118 valence electrons. The van der Waals surface area contributed by atoms with Crippen LogP contribution in [0.5, 0.6) is 0 Å². The minimum atomic E-state index is 0.0560. The van der Waals surface area contributed by atoms with Crippen molar-refractivity contribution < 1.29 is 9.59 Å². The molecule has 5 nitrogen and oxygen atoms in total. The van der Waals surface area contributed by atoms with Crippen molar-refractivity contribution in [3.63, 3.8) is 0 Å². The predicted molar refractivity (Wildman–Crippen MR) is 83.6 cm³/mol. The Labute approximate surface area is 131 Å². The van der Waals surface area contributed by atoms with Gasteiger partial charge in [-0.3, -0.25) is 14.6 Å². The lowest BCUT2D eigenvalue weighted by molar-refractivity contribution is -0.129. The van der Waals surface area contributed by atoms with Crippen molar-refractivity contribution in [1.29, 1.82) is 0 Å². The molecule has 2 aliphatic heterocycles. The largest absolute Gasteiger partial charge is 0.343 e. The molecule has 22 heavy (non-hydrogen) atoms. The average molecular weight is 301 g/mol. The van der Waals surface area contributed by atoms with Gasteiger partial charge in [-0.15, -0.1) is 0 Å². The van der Waals surface area contributed by atoms with Crippen LogP contribution in [0.15, 0.2) is 18.3 Å². The number of carbonyl (C=O) groups is 2. The average Bonchev–Trinajstić information content (AvgIpc) is 3.09. The molecular formula is C17H23N3O2. The number of aromatic nitrogens is 1. The van der Waals surface area contributed by atoms with E-state index in [9.17, 15) is 9.59 Å². The lowest BCUT2D eigenvalue weighted by atomic mass is 9.89. The second-order valence-electron chi connectivity index (χ2n) is 6.25. The summed E-state index contributed by atoms with van der Waals surface area (Å²) in [4.78, 5) is 31.9. The second-order valence-corrected chi connectivity index (χ2v) is 6.25.